The van der Waals surface area contributed by atoms with Crippen LogP contribution in [0.5, 0.6) is 0 Å². The maximum Gasteiger partial charge on any atom is 0.379 e. The smallest absolute Gasteiger partial charge is 0.379 e. The summed E-state index contributed by atoms with van der Waals surface area (Å²) in [5.41, 5.74) is 0.808. The molecule has 0 N–H and O–H groups in total. The average Bonchev–Trinajstić information content (AvgIpc) is 2.27. The Hall–Kier alpha value is -1.97. The van der Waals surface area contributed by atoms with E-state index in [0.717, 1.165) is 5.56 Å². The van der Waals surface area contributed by atoms with Gasteiger partial charge in [-0.15, -0.1) is 0 Å². The van der Waals surface area contributed by atoms with Gasteiger partial charge < -0.3 is 4.74 Å². The SMILES string of the molecule is CCOC(=O)C(=O)/C=C/c1ccncc1. The van der Waals surface area contributed by atoms with E-state index in [1.807, 2.05) is 0 Å². The lowest BCUT2D eigenvalue weighted by Crippen LogP contribution is -2.14. The van der Waals surface area contributed by atoms with Crippen LogP contribution in [-0.4, -0.2) is 23.3 Å². The molecule has 1 aromatic rings. The van der Waals surface area contributed by atoms with E-state index in [4.69, 9.17) is 0 Å². The zero-order chi connectivity index (χ0) is 11.1. The van der Waals surface area contributed by atoms with Crippen LogP contribution in [-0.2, 0) is 14.3 Å². The molecule has 0 fully saturated rings. The van der Waals surface area contributed by atoms with Crippen molar-refractivity contribution >= 4 is 17.8 Å². The summed E-state index contributed by atoms with van der Waals surface area (Å²) in [6.45, 7) is 1.85. The van der Waals surface area contributed by atoms with Gasteiger partial charge >= 0.3 is 5.97 Å². The van der Waals surface area contributed by atoms with Gasteiger partial charge in [0.1, 0.15) is 0 Å². The van der Waals surface area contributed by atoms with Crippen LogP contribution >= 0.6 is 0 Å². The summed E-state index contributed by atoms with van der Waals surface area (Å²) >= 11 is 0. The maximum absolute atomic E-state index is 11.1. The molecule has 0 radical (unpaired) electrons. The first-order valence-corrected chi connectivity index (χ1v) is 4.53. The van der Waals surface area contributed by atoms with E-state index in [0.29, 0.717) is 0 Å². The second-order valence-corrected chi connectivity index (χ2v) is 2.70. The Balaban J connectivity index is 2.59. The Morgan fingerprint density at radius 3 is 2.67 bits per heavy atom. The van der Waals surface area contributed by atoms with Crippen LogP contribution in [0.4, 0.5) is 0 Å². The van der Waals surface area contributed by atoms with Gasteiger partial charge in [-0.3, -0.25) is 9.78 Å². The van der Waals surface area contributed by atoms with E-state index >= 15 is 0 Å². The van der Waals surface area contributed by atoms with E-state index in [1.165, 1.54) is 6.08 Å². The Labute approximate surface area is 87.6 Å². The number of rotatable bonds is 4. The monoisotopic (exact) mass is 205 g/mol. The summed E-state index contributed by atoms with van der Waals surface area (Å²) in [4.78, 5) is 25.9. The number of nitrogens with zero attached hydrogens (tertiary/aromatic N) is 1. The van der Waals surface area contributed by atoms with Gasteiger partial charge in [-0.1, -0.05) is 6.08 Å². The highest BCUT2D eigenvalue weighted by molar-refractivity contribution is 6.39. The lowest BCUT2D eigenvalue weighted by Gasteiger charge is -1.95. The lowest BCUT2D eigenvalue weighted by atomic mass is 10.2. The van der Waals surface area contributed by atoms with Crippen LogP contribution in [0, 0.1) is 0 Å². The van der Waals surface area contributed by atoms with Crippen LogP contribution in [0.3, 0.4) is 0 Å². The van der Waals surface area contributed by atoms with Crippen LogP contribution in [0.1, 0.15) is 12.5 Å². The molecule has 1 heterocycles. The molecule has 0 saturated carbocycles. The number of ketones is 1. The maximum atomic E-state index is 11.1. The molecule has 0 spiro atoms. The molecule has 4 heteroatoms. The fourth-order valence-corrected chi connectivity index (χ4v) is 0.917. The number of carbonyl (C=O) groups excluding carboxylic acids is 2. The molecule has 1 rings (SSSR count). The molecule has 0 aliphatic carbocycles. The lowest BCUT2D eigenvalue weighted by molar-refractivity contribution is -0.151. The molecule has 0 amide bonds. The second kappa shape index (κ2) is 5.70. The van der Waals surface area contributed by atoms with Gasteiger partial charge in [0.05, 0.1) is 6.61 Å². The zero-order valence-electron chi connectivity index (χ0n) is 8.34. The van der Waals surface area contributed by atoms with Crippen LogP contribution < -0.4 is 0 Å². The van der Waals surface area contributed by atoms with Crippen molar-refractivity contribution in [1.29, 1.82) is 0 Å². The highest BCUT2D eigenvalue weighted by Gasteiger charge is 2.09. The molecule has 1 aromatic heterocycles. The Morgan fingerprint density at radius 2 is 2.07 bits per heavy atom. The zero-order valence-corrected chi connectivity index (χ0v) is 8.34. The first-order chi connectivity index (χ1) is 7.24. The van der Waals surface area contributed by atoms with Crippen molar-refractivity contribution in [3.8, 4) is 0 Å². The molecule has 0 unspecified atom stereocenters. The molecule has 0 aliphatic rings. The molecule has 0 aliphatic heterocycles. The van der Waals surface area contributed by atoms with Crippen molar-refractivity contribution < 1.29 is 14.3 Å². The van der Waals surface area contributed by atoms with Gasteiger partial charge in [0, 0.05) is 12.4 Å². The highest BCUT2D eigenvalue weighted by atomic mass is 16.5. The Bertz CT molecular complexity index is 371. The fraction of sp³-hybridized carbons (Fsp3) is 0.182. The molecule has 0 aromatic carbocycles. The topological polar surface area (TPSA) is 56.3 Å². The van der Waals surface area contributed by atoms with E-state index in [1.54, 1.807) is 37.5 Å². The van der Waals surface area contributed by atoms with Crippen molar-refractivity contribution in [3.63, 3.8) is 0 Å². The van der Waals surface area contributed by atoms with Crippen molar-refractivity contribution in [3.05, 3.63) is 36.2 Å². The average molecular weight is 205 g/mol. The third-order valence-electron chi connectivity index (χ3n) is 1.61. The van der Waals surface area contributed by atoms with Gasteiger partial charge in [0.15, 0.2) is 0 Å². The minimum absolute atomic E-state index is 0.202. The van der Waals surface area contributed by atoms with Crippen molar-refractivity contribution in [2.24, 2.45) is 0 Å². The summed E-state index contributed by atoms with van der Waals surface area (Å²) in [6.07, 6.45) is 5.94. The van der Waals surface area contributed by atoms with Gasteiger partial charge in [-0.25, -0.2) is 4.79 Å². The first kappa shape index (κ1) is 11.1. The number of esters is 1. The van der Waals surface area contributed by atoms with Crippen molar-refractivity contribution in [2.45, 2.75) is 6.92 Å². The molecule has 78 valence electrons. The third-order valence-corrected chi connectivity index (χ3v) is 1.61. The van der Waals surface area contributed by atoms with E-state index in [2.05, 4.69) is 9.72 Å². The molecular formula is C11H11NO3. The quantitative estimate of drug-likeness (QED) is 0.421. The summed E-state index contributed by atoms with van der Waals surface area (Å²) in [7, 11) is 0. The van der Waals surface area contributed by atoms with Crippen molar-refractivity contribution in [2.75, 3.05) is 6.61 Å². The standard InChI is InChI=1S/C11H11NO3/c1-2-15-11(14)10(13)4-3-9-5-7-12-8-6-9/h3-8H,2H2,1H3/b4-3+. The van der Waals surface area contributed by atoms with E-state index in [9.17, 15) is 9.59 Å². The largest absolute Gasteiger partial charge is 0.460 e. The van der Waals surface area contributed by atoms with Crippen LogP contribution in [0.15, 0.2) is 30.6 Å². The van der Waals surface area contributed by atoms with Gasteiger partial charge in [0.2, 0.25) is 0 Å². The second-order valence-electron chi connectivity index (χ2n) is 2.70. The number of ether oxygens (including phenoxy) is 1. The van der Waals surface area contributed by atoms with Crippen molar-refractivity contribution in [1.82, 2.24) is 4.98 Å². The summed E-state index contributed by atoms with van der Waals surface area (Å²) in [5, 5.41) is 0. The minimum Gasteiger partial charge on any atom is -0.460 e. The molecule has 0 atom stereocenters. The predicted octanol–water partition coefficient (Wildman–Crippen LogP) is 1.23. The highest BCUT2D eigenvalue weighted by Crippen LogP contribution is 1.99. The molecule has 0 saturated heterocycles. The van der Waals surface area contributed by atoms with Crippen LogP contribution in [0.2, 0.25) is 0 Å². The fourth-order valence-electron chi connectivity index (χ4n) is 0.917. The third kappa shape index (κ3) is 3.72. The van der Waals surface area contributed by atoms with Gasteiger partial charge in [-0.2, -0.15) is 0 Å². The number of pyridine rings is 1. The predicted molar refractivity (Wildman–Crippen MR) is 54.9 cm³/mol. The molecule has 15 heavy (non-hydrogen) atoms. The summed E-state index contributed by atoms with van der Waals surface area (Å²) in [6, 6.07) is 3.46. The number of carbonyl (C=O) groups is 2. The Kier molecular flexibility index (Phi) is 4.22. The van der Waals surface area contributed by atoms with Gasteiger partial charge in [-0.05, 0) is 30.7 Å². The molecule has 4 nitrogen and oxygen atoms in total. The van der Waals surface area contributed by atoms with E-state index in [-0.39, 0.29) is 6.61 Å². The molecule has 0 bridgehead atoms. The number of hydrogen-bond acceptors (Lipinski definition) is 4. The number of aromatic nitrogens is 1. The minimum atomic E-state index is -0.831. The van der Waals surface area contributed by atoms with Gasteiger partial charge in [0.25, 0.3) is 5.78 Å². The number of hydrogen-bond donors (Lipinski definition) is 0. The Morgan fingerprint density at radius 1 is 1.40 bits per heavy atom. The normalized spacial score (nSPS) is 10.2. The molecular weight excluding hydrogens is 194 g/mol. The summed E-state index contributed by atoms with van der Waals surface area (Å²) < 4.78 is 4.54. The summed E-state index contributed by atoms with van der Waals surface area (Å²) in [5.74, 6) is -1.49. The van der Waals surface area contributed by atoms with E-state index < -0.39 is 11.8 Å². The van der Waals surface area contributed by atoms with Crippen LogP contribution in [0.25, 0.3) is 6.08 Å². The first-order valence-electron chi connectivity index (χ1n) is 4.53.